The molecular formula is C18H22F3IN4OS. The maximum Gasteiger partial charge on any atom is 0.416 e. The summed E-state index contributed by atoms with van der Waals surface area (Å²) in [5, 5.41) is 8.88. The molecule has 1 aromatic carbocycles. The van der Waals surface area contributed by atoms with Crippen LogP contribution in [0.2, 0.25) is 0 Å². The number of nitrogens with zero attached hydrogens (tertiary/aromatic N) is 1. The van der Waals surface area contributed by atoms with Crippen LogP contribution in [0, 0.1) is 6.92 Å². The zero-order valence-electron chi connectivity index (χ0n) is 15.4. The third kappa shape index (κ3) is 7.66. The molecule has 2 rings (SSSR count). The van der Waals surface area contributed by atoms with Gasteiger partial charge in [0.25, 0.3) is 5.91 Å². The maximum atomic E-state index is 12.5. The number of nitrogens with one attached hydrogen (secondary N) is 3. The molecule has 5 nitrogen and oxygen atoms in total. The zero-order valence-corrected chi connectivity index (χ0v) is 18.5. The van der Waals surface area contributed by atoms with Gasteiger partial charge in [-0.1, -0.05) is 0 Å². The molecule has 0 aliphatic carbocycles. The molecule has 0 aliphatic heterocycles. The Bertz CT molecular complexity index is 791. The van der Waals surface area contributed by atoms with Crippen molar-refractivity contribution in [3.05, 3.63) is 57.3 Å². The van der Waals surface area contributed by atoms with E-state index in [0.717, 1.165) is 24.3 Å². The Kier molecular flexibility index (Phi) is 9.73. The van der Waals surface area contributed by atoms with Crippen molar-refractivity contribution in [2.75, 3.05) is 20.1 Å². The highest BCUT2D eigenvalue weighted by Crippen LogP contribution is 2.29. The molecule has 0 unspecified atom stereocenters. The van der Waals surface area contributed by atoms with E-state index in [1.807, 2.05) is 13.0 Å². The van der Waals surface area contributed by atoms with E-state index >= 15 is 0 Å². The van der Waals surface area contributed by atoms with Crippen LogP contribution in [-0.4, -0.2) is 32.0 Å². The lowest BCUT2D eigenvalue weighted by Gasteiger charge is -2.12. The molecule has 0 spiro atoms. The first-order valence-corrected chi connectivity index (χ1v) is 9.06. The topological polar surface area (TPSA) is 65.5 Å². The Hall–Kier alpha value is -1.82. The molecule has 1 aromatic heterocycles. The van der Waals surface area contributed by atoms with Crippen molar-refractivity contribution >= 4 is 47.2 Å². The fraction of sp³-hybridized carbons (Fsp3) is 0.333. The van der Waals surface area contributed by atoms with E-state index in [1.165, 1.54) is 9.75 Å². The lowest BCUT2D eigenvalue weighted by atomic mass is 10.1. The smallest absolute Gasteiger partial charge is 0.355 e. The summed E-state index contributed by atoms with van der Waals surface area (Å²) in [5.41, 5.74) is -0.602. The van der Waals surface area contributed by atoms with Gasteiger partial charge in [-0.25, -0.2) is 0 Å². The van der Waals surface area contributed by atoms with Crippen molar-refractivity contribution in [1.82, 2.24) is 16.0 Å². The quantitative estimate of drug-likeness (QED) is 0.232. The highest BCUT2D eigenvalue weighted by Gasteiger charge is 2.30. The fourth-order valence-electron chi connectivity index (χ4n) is 2.24. The van der Waals surface area contributed by atoms with Gasteiger partial charge >= 0.3 is 6.18 Å². The van der Waals surface area contributed by atoms with Gasteiger partial charge in [0, 0.05) is 35.5 Å². The normalized spacial score (nSPS) is 11.5. The van der Waals surface area contributed by atoms with Crippen LogP contribution < -0.4 is 16.0 Å². The second-order valence-electron chi connectivity index (χ2n) is 5.70. The molecule has 1 heterocycles. The minimum absolute atomic E-state index is 0. The summed E-state index contributed by atoms with van der Waals surface area (Å²) < 4.78 is 37.6. The molecule has 2 aromatic rings. The molecule has 154 valence electrons. The van der Waals surface area contributed by atoms with E-state index in [2.05, 4.69) is 27.0 Å². The standard InChI is InChI=1S/C18H21F3N4OS.HI/c1-12-3-8-15(27-12)11-25-17(22-2)24-10-9-23-16(26)13-4-6-14(7-5-13)18(19,20)21;/h3-8H,9-11H2,1-2H3,(H,23,26)(H2,22,24,25);1H. The molecule has 0 bridgehead atoms. The van der Waals surface area contributed by atoms with Crippen LogP contribution in [0.5, 0.6) is 0 Å². The van der Waals surface area contributed by atoms with Gasteiger partial charge in [-0.3, -0.25) is 9.79 Å². The molecule has 10 heteroatoms. The third-order valence-corrected chi connectivity index (χ3v) is 4.63. The first-order valence-electron chi connectivity index (χ1n) is 8.25. The summed E-state index contributed by atoms with van der Waals surface area (Å²) in [6.07, 6.45) is -4.41. The van der Waals surface area contributed by atoms with E-state index in [4.69, 9.17) is 0 Å². The van der Waals surface area contributed by atoms with Crippen LogP contribution in [-0.2, 0) is 12.7 Å². The van der Waals surface area contributed by atoms with Crippen molar-refractivity contribution in [1.29, 1.82) is 0 Å². The van der Waals surface area contributed by atoms with Crippen molar-refractivity contribution in [3.8, 4) is 0 Å². The van der Waals surface area contributed by atoms with Gasteiger partial charge < -0.3 is 16.0 Å². The summed E-state index contributed by atoms with van der Waals surface area (Å²) >= 11 is 1.70. The Morgan fingerprint density at radius 3 is 2.21 bits per heavy atom. The van der Waals surface area contributed by atoms with Crippen molar-refractivity contribution in [2.24, 2.45) is 4.99 Å². The van der Waals surface area contributed by atoms with Crippen LogP contribution in [0.4, 0.5) is 13.2 Å². The number of benzene rings is 1. The van der Waals surface area contributed by atoms with Gasteiger partial charge in [-0.05, 0) is 43.3 Å². The number of guanidine groups is 1. The number of alkyl halides is 3. The number of amides is 1. The number of carbonyl (C=O) groups is 1. The predicted molar refractivity (Wildman–Crippen MR) is 116 cm³/mol. The molecule has 0 saturated heterocycles. The summed E-state index contributed by atoms with van der Waals surface area (Å²) in [6.45, 7) is 3.42. The number of aryl methyl sites for hydroxylation is 1. The number of hydrogen-bond acceptors (Lipinski definition) is 3. The lowest BCUT2D eigenvalue weighted by Crippen LogP contribution is -2.41. The van der Waals surface area contributed by atoms with E-state index in [0.29, 0.717) is 25.6 Å². The average Bonchev–Trinajstić information content (AvgIpc) is 3.05. The van der Waals surface area contributed by atoms with Crippen LogP contribution in [0.15, 0.2) is 41.4 Å². The van der Waals surface area contributed by atoms with Gasteiger partial charge in [0.15, 0.2) is 5.96 Å². The van der Waals surface area contributed by atoms with Crippen molar-refractivity contribution < 1.29 is 18.0 Å². The van der Waals surface area contributed by atoms with Crippen molar-refractivity contribution in [3.63, 3.8) is 0 Å². The van der Waals surface area contributed by atoms with Crippen LogP contribution in [0.25, 0.3) is 0 Å². The van der Waals surface area contributed by atoms with E-state index < -0.39 is 17.6 Å². The molecular weight excluding hydrogens is 504 g/mol. The van der Waals surface area contributed by atoms with Crippen LogP contribution in [0.1, 0.15) is 25.7 Å². The van der Waals surface area contributed by atoms with E-state index in [-0.39, 0.29) is 29.5 Å². The lowest BCUT2D eigenvalue weighted by molar-refractivity contribution is -0.137. The predicted octanol–water partition coefficient (Wildman–Crippen LogP) is 3.79. The number of carbonyl (C=O) groups excluding carboxylic acids is 1. The summed E-state index contributed by atoms with van der Waals surface area (Å²) in [4.78, 5) is 18.5. The molecule has 0 saturated carbocycles. The minimum Gasteiger partial charge on any atom is -0.355 e. The van der Waals surface area contributed by atoms with Gasteiger partial charge in [0.2, 0.25) is 0 Å². The third-order valence-electron chi connectivity index (χ3n) is 3.63. The average molecular weight is 526 g/mol. The molecule has 1 amide bonds. The zero-order chi connectivity index (χ0) is 19.9. The molecule has 0 atom stereocenters. The minimum atomic E-state index is -4.41. The molecule has 0 fully saturated rings. The van der Waals surface area contributed by atoms with Crippen LogP contribution >= 0.6 is 35.3 Å². The van der Waals surface area contributed by atoms with E-state index in [1.54, 1.807) is 18.4 Å². The maximum absolute atomic E-state index is 12.5. The van der Waals surface area contributed by atoms with Gasteiger partial charge in [-0.15, -0.1) is 35.3 Å². The highest BCUT2D eigenvalue weighted by molar-refractivity contribution is 14.0. The summed E-state index contributed by atoms with van der Waals surface area (Å²) in [6, 6.07) is 8.21. The van der Waals surface area contributed by atoms with Crippen LogP contribution in [0.3, 0.4) is 0 Å². The monoisotopic (exact) mass is 526 g/mol. The molecule has 3 N–H and O–H groups in total. The Morgan fingerprint density at radius 1 is 1.04 bits per heavy atom. The highest BCUT2D eigenvalue weighted by atomic mass is 127. The number of thiophene rings is 1. The molecule has 0 radical (unpaired) electrons. The second-order valence-corrected chi connectivity index (χ2v) is 7.07. The largest absolute Gasteiger partial charge is 0.416 e. The van der Waals surface area contributed by atoms with E-state index in [9.17, 15) is 18.0 Å². The summed E-state index contributed by atoms with van der Waals surface area (Å²) in [5.74, 6) is 0.173. The van der Waals surface area contributed by atoms with Gasteiger partial charge in [0.1, 0.15) is 0 Å². The number of halogens is 4. The fourth-order valence-corrected chi connectivity index (χ4v) is 3.07. The Morgan fingerprint density at radius 2 is 1.68 bits per heavy atom. The first-order chi connectivity index (χ1) is 12.8. The first kappa shape index (κ1) is 24.2. The number of hydrogen-bond donors (Lipinski definition) is 3. The van der Waals surface area contributed by atoms with Gasteiger partial charge in [0.05, 0.1) is 12.1 Å². The number of aliphatic imine (C=N–C) groups is 1. The SMILES string of the molecule is CN=C(NCCNC(=O)c1ccc(C(F)(F)F)cc1)NCc1ccc(C)s1.I. The molecule has 0 aliphatic rings. The Labute approximate surface area is 182 Å². The summed E-state index contributed by atoms with van der Waals surface area (Å²) in [7, 11) is 1.65. The second kappa shape index (κ2) is 11.2. The molecule has 28 heavy (non-hydrogen) atoms. The van der Waals surface area contributed by atoms with Crippen molar-refractivity contribution in [2.45, 2.75) is 19.6 Å². The number of rotatable bonds is 6. The Balaban J connectivity index is 0.00000392. The van der Waals surface area contributed by atoms with Gasteiger partial charge in [-0.2, -0.15) is 13.2 Å².